The lowest BCUT2D eigenvalue weighted by Crippen LogP contribution is -2.51. The van der Waals surface area contributed by atoms with Crippen LogP contribution in [-0.2, 0) is 19.6 Å². The number of likely N-dealkylation sites (tertiary alicyclic amines) is 1. The van der Waals surface area contributed by atoms with E-state index in [4.69, 9.17) is 27.9 Å². The number of halogens is 3. The molecule has 1 fully saturated rings. The summed E-state index contributed by atoms with van der Waals surface area (Å²) >= 11 is 12.2. The minimum absolute atomic E-state index is 0.0118. The zero-order chi connectivity index (χ0) is 25.2. The van der Waals surface area contributed by atoms with Crippen LogP contribution in [0.5, 0.6) is 0 Å². The van der Waals surface area contributed by atoms with Crippen molar-refractivity contribution in [1.82, 2.24) is 4.90 Å². The van der Waals surface area contributed by atoms with Gasteiger partial charge in [0.05, 0.1) is 21.3 Å². The number of esters is 1. The number of hydrogen-bond donors (Lipinski definition) is 1. The molecule has 0 bridgehead atoms. The molecule has 34 heavy (non-hydrogen) atoms. The monoisotopic (exact) mass is 530 g/mol. The van der Waals surface area contributed by atoms with Crippen LogP contribution in [0.25, 0.3) is 0 Å². The average Bonchev–Trinajstić information content (AvgIpc) is 2.74. The highest BCUT2D eigenvalue weighted by Gasteiger charge is 2.34. The maximum Gasteiger partial charge on any atom is 0.340 e. The van der Waals surface area contributed by atoms with Gasteiger partial charge in [-0.15, -0.1) is 0 Å². The Labute approximate surface area is 208 Å². The zero-order valence-corrected chi connectivity index (χ0v) is 21.2. The number of piperidine rings is 1. The van der Waals surface area contributed by atoms with E-state index in [1.807, 2.05) is 13.8 Å². The molecular formula is C23H25Cl2FN2O5S. The fourth-order valence-corrected chi connectivity index (χ4v) is 5.89. The molecule has 7 nitrogen and oxygen atoms in total. The van der Waals surface area contributed by atoms with E-state index in [1.165, 1.54) is 25.1 Å². The summed E-state index contributed by atoms with van der Waals surface area (Å²) in [6, 6.07) is 7.24. The van der Waals surface area contributed by atoms with Crippen LogP contribution < -0.4 is 4.72 Å². The first kappa shape index (κ1) is 26.2. The molecule has 11 heteroatoms. The molecule has 0 saturated carbocycles. The summed E-state index contributed by atoms with van der Waals surface area (Å²) in [4.78, 5) is 27.0. The predicted octanol–water partition coefficient (Wildman–Crippen LogP) is 5.27. The minimum Gasteiger partial charge on any atom is -0.449 e. The van der Waals surface area contributed by atoms with Crippen molar-refractivity contribution in [1.29, 1.82) is 0 Å². The second kappa shape index (κ2) is 10.5. The van der Waals surface area contributed by atoms with Crippen LogP contribution in [0.2, 0.25) is 10.0 Å². The van der Waals surface area contributed by atoms with Crippen LogP contribution >= 0.6 is 23.2 Å². The van der Waals surface area contributed by atoms with Crippen LogP contribution in [-0.4, -0.2) is 43.4 Å². The third-order valence-corrected chi connectivity index (χ3v) is 7.87. The lowest BCUT2D eigenvalue weighted by Gasteiger charge is -2.40. The van der Waals surface area contributed by atoms with Crippen molar-refractivity contribution in [3.63, 3.8) is 0 Å². The molecule has 3 rings (SSSR count). The molecule has 1 N–H and O–H groups in total. The second-order valence-electron chi connectivity index (χ2n) is 8.27. The Bertz CT molecular complexity index is 1200. The number of benzene rings is 2. The highest BCUT2D eigenvalue weighted by molar-refractivity contribution is 7.92. The molecule has 1 aliphatic heterocycles. The lowest BCUT2D eigenvalue weighted by atomic mass is 9.97. The van der Waals surface area contributed by atoms with E-state index in [-0.39, 0.29) is 39.3 Å². The van der Waals surface area contributed by atoms with Crippen LogP contribution in [0.15, 0.2) is 41.3 Å². The number of carbonyl (C=O) groups is 2. The molecule has 0 unspecified atom stereocenters. The lowest BCUT2D eigenvalue weighted by molar-refractivity contribution is -0.146. The third-order valence-electron chi connectivity index (χ3n) is 5.73. The first-order valence-electron chi connectivity index (χ1n) is 10.7. The summed E-state index contributed by atoms with van der Waals surface area (Å²) in [6.45, 7) is 5.34. The van der Waals surface area contributed by atoms with Crippen LogP contribution in [0, 0.1) is 5.82 Å². The summed E-state index contributed by atoms with van der Waals surface area (Å²) in [6.07, 6.45) is 1.61. The van der Waals surface area contributed by atoms with E-state index in [9.17, 15) is 22.4 Å². The van der Waals surface area contributed by atoms with E-state index in [0.717, 1.165) is 37.5 Å². The van der Waals surface area contributed by atoms with E-state index < -0.39 is 32.8 Å². The van der Waals surface area contributed by atoms with Gasteiger partial charge in [-0.05, 0) is 64.3 Å². The van der Waals surface area contributed by atoms with Crippen molar-refractivity contribution in [3.8, 4) is 0 Å². The topological polar surface area (TPSA) is 92.8 Å². The quantitative estimate of drug-likeness (QED) is 0.513. The van der Waals surface area contributed by atoms with E-state index in [0.29, 0.717) is 0 Å². The van der Waals surface area contributed by atoms with Crippen molar-refractivity contribution in [2.45, 2.75) is 63.1 Å². The maximum atomic E-state index is 13.9. The van der Waals surface area contributed by atoms with Gasteiger partial charge in [-0.1, -0.05) is 35.3 Å². The van der Waals surface area contributed by atoms with Gasteiger partial charge in [0.2, 0.25) is 0 Å². The molecule has 2 aromatic rings. The number of amides is 1. The van der Waals surface area contributed by atoms with E-state index >= 15 is 0 Å². The molecule has 0 aromatic heterocycles. The summed E-state index contributed by atoms with van der Waals surface area (Å²) in [5.41, 5.74) is -0.582. The number of anilines is 1. The molecule has 2 aromatic carbocycles. The molecule has 1 aliphatic rings. The Balaban J connectivity index is 1.84. The van der Waals surface area contributed by atoms with Crippen LogP contribution in [0.3, 0.4) is 0 Å². The van der Waals surface area contributed by atoms with Gasteiger partial charge in [0.1, 0.15) is 10.7 Å². The van der Waals surface area contributed by atoms with Crippen LogP contribution in [0.4, 0.5) is 10.1 Å². The Hall–Kier alpha value is -2.36. The Morgan fingerprint density at radius 2 is 1.74 bits per heavy atom. The maximum absolute atomic E-state index is 13.9. The fraction of sp³-hybridized carbons (Fsp3) is 0.391. The van der Waals surface area contributed by atoms with Gasteiger partial charge in [0, 0.05) is 12.1 Å². The van der Waals surface area contributed by atoms with Gasteiger partial charge in [0.25, 0.3) is 15.9 Å². The summed E-state index contributed by atoms with van der Waals surface area (Å²) in [7, 11) is -4.38. The first-order valence-corrected chi connectivity index (χ1v) is 13.0. The van der Waals surface area contributed by atoms with Crippen molar-refractivity contribution in [2.75, 3.05) is 4.72 Å². The number of carbonyl (C=O) groups excluding carboxylic acids is 2. The van der Waals surface area contributed by atoms with Gasteiger partial charge in [-0.25, -0.2) is 17.6 Å². The average molecular weight is 531 g/mol. The molecule has 3 atom stereocenters. The van der Waals surface area contributed by atoms with Crippen molar-refractivity contribution >= 4 is 50.8 Å². The van der Waals surface area contributed by atoms with Crippen molar-refractivity contribution in [3.05, 3.63) is 57.8 Å². The fourth-order valence-electron chi connectivity index (χ4n) is 3.98. The molecule has 0 radical (unpaired) electrons. The summed E-state index contributed by atoms with van der Waals surface area (Å²) in [5.74, 6) is -2.11. The van der Waals surface area contributed by atoms with Gasteiger partial charge in [-0.2, -0.15) is 0 Å². The first-order chi connectivity index (χ1) is 15.9. The molecule has 184 valence electrons. The number of sulfonamides is 1. The number of nitrogens with one attached hydrogen (secondary N) is 1. The molecular weight excluding hydrogens is 506 g/mol. The minimum atomic E-state index is -4.38. The molecule has 0 aliphatic carbocycles. The molecule has 0 spiro atoms. The van der Waals surface area contributed by atoms with Gasteiger partial charge in [0.15, 0.2) is 6.10 Å². The number of nitrogens with zero attached hydrogens (tertiary/aromatic N) is 1. The smallest absolute Gasteiger partial charge is 0.340 e. The van der Waals surface area contributed by atoms with Crippen molar-refractivity contribution in [2.24, 2.45) is 0 Å². The normalized spacial score (nSPS) is 19.4. The van der Waals surface area contributed by atoms with E-state index in [2.05, 4.69) is 4.72 Å². The van der Waals surface area contributed by atoms with Gasteiger partial charge >= 0.3 is 5.97 Å². The zero-order valence-electron chi connectivity index (χ0n) is 18.8. The van der Waals surface area contributed by atoms with Gasteiger partial charge in [-0.3, -0.25) is 9.52 Å². The SMILES string of the molecule is C[C@H](OC(=O)c1cc(S(=O)(=O)Nc2ccccc2F)c(Cl)cc1Cl)C(=O)N1[C@H](C)CCC[C@@H]1C. The molecule has 1 heterocycles. The van der Waals surface area contributed by atoms with Gasteiger partial charge < -0.3 is 9.64 Å². The highest BCUT2D eigenvalue weighted by atomic mass is 35.5. The second-order valence-corrected chi connectivity index (χ2v) is 10.7. The Kier molecular flexibility index (Phi) is 8.10. The van der Waals surface area contributed by atoms with Crippen LogP contribution in [0.1, 0.15) is 50.4 Å². The number of hydrogen-bond acceptors (Lipinski definition) is 5. The highest BCUT2D eigenvalue weighted by Crippen LogP contribution is 2.31. The summed E-state index contributed by atoms with van der Waals surface area (Å²) in [5, 5.41) is -0.426. The largest absolute Gasteiger partial charge is 0.449 e. The number of rotatable bonds is 6. The molecule has 1 amide bonds. The number of para-hydroxylation sites is 1. The molecule has 1 saturated heterocycles. The Morgan fingerprint density at radius 3 is 2.35 bits per heavy atom. The van der Waals surface area contributed by atoms with Crippen molar-refractivity contribution < 1.29 is 27.1 Å². The summed E-state index contributed by atoms with van der Waals surface area (Å²) < 4.78 is 47.1. The standard InChI is InChI=1S/C23H25Cl2FN2O5S/c1-13-7-6-8-14(2)28(13)22(29)15(3)33-23(30)16-11-21(18(25)12-17(16)24)34(31,32)27-20-10-5-4-9-19(20)26/h4-5,9-15,27H,6-8H2,1-3H3/t13-,14+,15-/m0/s1. The van der Waals surface area contributed by atoms with E-state index in [1.54, 1.807) is 4.90 Å². The predicted molar refractivity (Wildman–Crippen MR) is 128 cm³/mol. The Morgan fingerprint density at radius 1 is 1.12 bits per heavy atom. The number of ether oxygens (including phenoxy) is 1. The third kappa shape index (κ3) is 5.64.